The largest absolute Gasteiger partial charge is 0.370 e. The predicted octanol–water partition coefficient (Wildman–Crippen LogP) is 3.38. The van der Waals surface area contributed by atoms with Crippen molar-refractivity contribution in [3.8, 4) is 0 Å². The Morgan fingerprint density at radius 1 is 1.55 bits per heavy atom. The van der Waals surface area contributed by atoms with Crippen LogP contribution in [0.3, 0.4) is 0 Å². The van der Waals surface area contributed by atoms with Crippen LogP contribution >= 0.6 is 22.6 Å². The number of halogens is 1. The molecule has 4 nitrogen and oxygen atoms in total. The minimum atomic E-state index is -0.413. The third kappa shape index (κ3) is 3.08. The first-order valence-electron chi connectivity index (χ1n) is 7.36. The molecule has 1 saturated carbocycles. The fourth-order valence-electron chi connectivity index (χ4n) is 3.12. The number of nitrogens with zero attached hydrogens (tertiary/aromatic N) is 1. The summed E-state index contributed by atoms with van der Waals surface area (Å²) in [6.45, 7) is 4.35. The molecular weight excluding hydrogens is 367 g/mol. The van der Waals surface area contributed by atoms with Gasteiger partial charge in [-0.2, -0.15) is 0 Å². The van der Waals surface area contributed by atoms with Gasteiger partial charge in [0.15, 0.2) is 0 Å². The van der Waals surface area contributed by atoms with E-state index in [1.165, 1.54) is 6.42 Å². The summed E-state index contributed by atoms with van der Waals surface area (Å²) in [5.41, 5.74) is 0.458. The zero-order valence-corrected chi connectivity index (χ0v) is 14.6. The average Bonchev–Trinajstić information content (AvgIpc) is 2.43. The highest BCUT2D eigenvalue weighted by atomic mass is 127. The molecule has 0 spiro atoms. The molecule has 0 aliphatic heterocycles. The van der Waals surface area contributed by atoms with Gasteiger partial charge in [-0.3, -0.25) is 4.79 Å². The Morgan fingerprint density at radius 2 is 2.30 bits per heavy atom. The fraction of sp³-hybridized carbons (Fsp3) is 0.733. The summed E-state index contributed by atoms with van der Waals surface area (Å²) in [4.78, 5) is 19.9. The summed E-state index contributed by atoms with van der Waals surface area (Å²) >= 11 is 2.09. The summed E-state index contributed by atoms with van der Waals surface area (Å²) in [7, 11) is 1.73. The monoisotopic (exact) mass is 390 g/mol. The topological polar surface area (TPSA) is 55.0 Å². The summed E-state index contributed by atoms with van der Waals surface area (Å²) < 4.78 is 6.54. The van der Waals surface area contributed by atoms with Gasteiger partial charge in [0.1, 0.15) is 11.4 Å². The Morgan fingerprint density at radius 3 is 2.90 bits per heavy atom. The van der Waals surface area contributed by atoms with Gasteiger partial charge in [-0.25, -0.2) is 4.98 Å². The normalized spacial score (nSPS) is 26.7. The van der Waals surface area contributed by atoms with Crippen LogP contribution in [0.1, 0.15) is 57.5 Å². The summed E-state index contributed by atoms with van der Waals surface area (Å²) in [5.74, 6) is 1.32. The van der Waals surface area contributed by atoms with Crippen LogP contribution < -0.4 is 5.56 Å². The molecule has 2 atom stereocenters. The smallest absolute Gasteiger partial charge is 0.264 e. The molecule has 1 heterocycles. The Balaban J connectivity index is 2.46. The van der Waals surface area contributed by atoms with Gasteiger partial charge in [0.2, 0.25) is 0 Å². The molecule has 2 unspecified atom stereocenters. The molecule has 0 aromatic carbocycles. The number of rotatable bonds is 4. The molecule has 1 aromatic heterocycles. The lowest BCUT2D eigenvalue weighted by Gasteiger charge is -2.38. The lowest BCUT2D eigenvalue weighted by molar-refractivity contribution is -0.0649. The van der Waals surface area contributed by atoms with Crippen LogP contribution in [0.5, 0.6) is 0 Å². The van der Waals surface area contributed by atoms with Crippen LogP contribution in [-0.4, -0.2) is 17.1 Å². The predicted molar refractivity (Wildman–Crippen MR) is 87.9 cm³/mol. The summed E-state index contributed by atoms with van der Waals surface area (Å²) in [6.07, 6.45) is 6.03. The highest BCUT2D eigenvalue weighted by Crippen LogP contribution is 2.40. The summed E-state index contributed by atoms with van der Waals surface area (Å²) in [6, 6.07) is 0. The minimum absolute atomic E-state index is 0.0336. The van der Waals surface area contributed by atoms with E-state index >= 15 is 0 Å². The van der Waals surface area contributed by atoms with Crippen LogP contribution in [0.2, 0.25) is 0 Å². The lowest BCUT2D eigenvalue weighted by Crippen LogP contribution is -2.38. The van der Waals surface area contributed by atoms with Crippen molar-refractivity contribution >= 4 is 22.6 Å². The Hall–Kier alpha value is -0.430. The molecular formula is C15H23IN2O2. The zero-order valence-electron chi connectivity index (χ0n) is 12.5. The number of H-pyrrole nitrogens is 1. The van der Waals surface area contributed by atoms with Gasteiger partial charge in [0, 0.05) is 7.11 Å². The second kappa shape index (κ2) is 6.56. The minimum Gasteiger partial charge on any atom is -0.370 e. The van der Waals surface area contributed by atoms with Crippen LogP contribution in [0.15, 0.2) is 4.79 Å². The van der Waals surface area contributed by atoms with Gasteiger partial charge in [0.05, 0.1) is 9.26 Å². The Bertz CT molecular complexity index is 529. The first kappa shape index (κ1) is 15.9. The molecule has 1 fully saturated rings. The maximum absolute atomic E-state index is 12.2. The third-order valence-electron chi connectivity index (χ3n) is 4.20. The van der Waals surface area contributed by atoms with Crippen LogP contribution in [0.25, 0.3) is 0 Å². The van der Waals surface area contributed by atoms with Crippen molar-refractivity contribution in [2.45, 2.75) is 58.0 Å². The zero-order chi connectivity index (χ0) is 14.8. The highest BCUT2D eigenvalue weighted by molar-refractivity contribution is 14.1. The quantitative estimate of drug-likeness (QED) is 0.803. The molecule has 5 heteroatoms. The van der Waals surface area contributed by atoms with Gasteiger partial charge in [-0.05, 0) is 54.2 Å². The van der Waals surface area contributed by atoms with Gasteiger partial charge in [-0.1, -0.05) is 26.7 Å². The second-order valence-corrected chi connectivity index (χ2v) is 6.90. The molecule has 0 saturated heterocycles. The Labute approximate surface area is 133 Å². The number of aryl methyl sites for hydroxylation is 1. The first-order valence-corrected chi connectivity index (χ1v) is 8.44. The first-order chi connectivity index (χ1) is 9.52. The van der Waals surface area contributed by atoms with Gasteiger partial charge in [-0.15, -0.1) is 0 Å². The number of ether oxygens (including phenoxy) is 1. The van der Waals surface area contributed by atoms with Gasteiger partial charge >= 0.3 is 0 Å². The van der Waals surface area contributed by atoms with Crippen molar-refractivity contribution in [1.82, 2.24) is 9.97 Å². The van der Waals surface area contributed by atoms with E-state index in [0.717, 1.165) is 43.6 Å². The third-order valence-corrected chi connectivity index (χ3v) is 5.31. The van der Waals surface area contributed by atoms with Crippen molar-refractivity contribution < 1.29 is 4.74 Å². The molecule has 112 valence electrons. The summed E-state index contributed by atoms with van der Waals surface area (Å²) in [5, 5.41) is 0. The maximum atomic E-state index is 12.2. The fourth-order valence-corrected chi connectivity index (χ4v) is 3.65. The highest BCUT2D eigenvalue weighted by Gasteiger charge is 2.39. The van der Waals surface area contributed by atoms with Crippen molar-refractivity contribution in [2.75, 3.05) is 7.11 Å². The van der Waals surface area contributed by atoms with E-state index in [9.17, 15) is 4.79 Å². The van der Waals surface area contributed by atoms with E-state index in [2.05, 4.69) is 41.4 Å². The van der Waals surface area contributed by atoms with Crippen molar-refractivity contribution in [2.24, 2.45) is 5.92 Å². The number of aromatic amines is 1. The molecule has 1 aromatic rings. The van der Waals surface area contributed by atoms with Crippen molar-refractivity contribution in [1.29, 1.82) is 0 Å². The Kier molecular flexibility index (Phi) is 5.23. The number of nitrogens with one attached hydrogen (secondary N) is 1. The van der Waals surface area contributed by atoms with Crippen LogP contribution in [0.4, 0.5) is 0 Å². The molecule has 1 aliphatic carbocycles. The van der Waals surface area contributed by atoms with E-state index < -0.39 is 5.60 Å². The number of hydrogen-bond donors (Lipinski definition) is 1. The standard InChI is InChI=1S/C15H23IN2O2/c1-4-6-11-12(16)13(19)18-14(17-11)15(20-3)8-5-7-10(2)9-15/h10H,4-9H2,1-3H3,(H,17,18,19). The van der Waals surface area contributed by atoms with E-state index in [-0.39, 0.29) is 5.56 Å². The SMILES string of the molecule is CCCc1nc(C2(OC)CCCC(C)C2)[nH]c(=O)c1I. The lowest BCUT2D eigenvalue weighted by atomic mass is 9.78. The van der Waals surface area contributed by atoms with E-state index in [4.69, 9.17) is 9.72 Å². The van der Waals surface area contributed by atoms with Crippen LogP contribution in [-0.2, 0) is 16.8 Å². The number of aromatic nitrogens is 2. The number of methoxy groups -OCH3 is 1. The molecule has 0 amide bonds. The van der Waals surface area contributed by atoms with Gasteiger partial charge < -0.3 is 9.72 Å². The van der Waals surface area contributed by atoms with E-state index in [1.807, 2.05) is 0 Å². The molecule has 20 heavy (non-hydrogen) atoms. The van der Waals surface area contributed by atoms with E-state index in [1.54, 1.807) is 7.11 Å². The average molecular weight is 390 g/mol. The molecule has 0 bridgehead atoms. The van der Waals surface area contributed by atoms with Crippen molar-refractivity contribution in [3.63, 3.8) is 0 Å². The number of hydrogen-bond acceptors (Lipinski definition) is 3. The van der Waals surface area contributed by atoms with Crippen molar-refractivity contribution in [3.05, 3.63) is 25.4 Å². The second-order valence-electron chi connectivity index (χ2n) is 5.83. The molecule has 0 radical (unpaired) electrons. The van der Waals surface area contributed by atoms with E-state index in [0.29, 0.717) is 9.49 Å². The van der Waals surface area contributed by atoms with Gasteiger partial charge in [0.25, 0.3) is 5.56 Å². The molecule has 1 N–H and O–H groups in total. The molecule has 2 rings (SSSR count). The van der Waals surface area contributed by atoms with Crippen LogP contribution in [0, 0.1) is 9.49 Å². The maximum Gasteiger partial charge on any atom is 0.264 e. The molecule has 1 aliphatic rings.